The van der Waals surface area contributed by atoms with Gasteiger partial charge in [-0.1, -0.05) is 19.8 Å². The van der Waals surface area contributed by atoms with Gasteiger partial charge in [0.15, 0.2) is 0 Å². The molecule has 0 aliphatic heterocycles. The predicted octanol–water partition coefficient (Wildman–Crippen LogP) is 1.78. The van der Waals surface area contributed by atoms with Crippen molar-refractivity contribution in [1.29, 1.82) is 0 Å². The highest BCUT2D eigenvalue weighted by molar-refractivity contribution is 5.79. The molecule has 0 bridgehead atoms. The number of nitrogens with two attached hydrogens (primary N) is 1. The zero-order valence-electron chi connectivity index (χ0n) is 11.8. The van der Waals surface area contributed by atoms with Crippen LogP contribution in [0, 0.1) is 0 Å². The van der Waals surface area contributed by atoms with E-state index in [4.69, 9.17) is 10.5 Å². The van der Waals surface area contributed by atoms with Gasteiger partial charge in [-0.2, -0.15) is 0 Å². The molecule has 4 nitrogen and oxygen atoms in total. The average Bonchev–Trinajstić information content (AvgIpc) is 2.27. The van der Waals surface area contributed by atoms with Gasteiger partial charge in [0.25, 0.3) is 0 Å². The molecule has 1 atom stereocenters. The van der Waals surface area contributed by atoms with Crippen LogP contribution in [-0.4, -0.2) is 43.2 Å². The van der Waals surface area contributed by atoms with Crippen molar-refractivity contribution >= 4 is 5.97 Å². The number of carbonyl (C=O) groups is 1. The summed E-state index contributed by atoms with van der Waals surface area (Å²) >= 11 is 0. The molecule has 0 aromatic rings. The van der Waals surface area contributed by atoms with Gasteiger partial charge < -0.3 is 15.4 Å². The van der Waals surface area contributed by atoms with Gasteiger partial charge in [0.2, 0.25) is 0 Å². The van der Waals surface area contributed by atoms with Gasteiger partial charge in [-0.05, 0) is 40.3 Å². The van der Waals surface area contributed by atoms with Crippen LogP contribution in [0.3, 0.4) is 0 Å². The smallest absolute Gasteiger partial charge is 0.325 e. The van der Waals surface area contributed by atoms with Crippen molar-refractivity contribution in [3.05, 3.63) is 0 Å². The molecule has 1 unspecified atom stereocenters. The highest BCUT2D eigenvalue weighted by atomic mass is 16.5. The Morgan fingerprint density at radius 2 is 1.94 bits per heavy atom. The minimum absolute atomic E-state index is 0.304. The summed E-state index contributed by atoms with van der Waals surface area (Å²) in [5.41, 5.74) is 5.08. The first-order valence-electron chi connectivity index (χ1n) is 6.58. The van der Waals surface area contributed by atoms with Gasteiger partial charge in [0.1, 0.15) is 5.54 Å². The maximum Gasteiger partial charge on any atom is 0.325 e. The van der Waals surface area contributed by atoms with E-state index < -0.39 is 5.54 Å². The molecule has 0 saturated carbocycles. The van der Waals surface area contributed by atoms with Gasteiger partial charge in [-0.3, -0.25) is 4.79 Å². The lowest BCUT2D eigenvalue weighted by molar-refractivity contribution is -0.149. The fourth-order valence-corrected chi connectivity index (χ4v) is 1.56. The standard InChI is InChI=1S/C13H28N2O2/c1-5-7-8-10-15(4)11-9-13(3,14)12(16)17-6-2/h5-11,14H2,1-4H3. The zero-order valence-corrected chi connectivity index (χ0v) is 11.8. The summed E-state index contributed by atoms with van der Waals surface area (Å²) in [5, 5.41) is 0. The molecule has 0 rings (SSSR count). The van der Waals surface area contributed by atoms with Crippen LogP contribution in [0.25, 0.3) is 0 Å². The van der Waals surface area contributed by atoms with Gasteiger partial charge in [0, 0.05) is 6.54 Å². The van der Waals surface area contributed by atoms with Crippen molar-refractivity contribution in [3.63, 3.8) is 0 Å². The second-order valence-corrected chi connectivity index (χ2v) is 4.90. The molecule has 4 heteroatoms. The van der Waals surface area contributed by atoms with E-state index in [0.717, 1.165) is 13.1 Å². The van der Waals surface area contributed by atoms with E-state index in [1.807, 2.05) is 0 Å². The molecular weight excluding hydrogens is 216 g/mol. The largest absolute Gasteiger partial charge is 0.465 e. The predicted molar refractivity (Wildman–Crippen MR) is 70.9 cm³/mol. The molecule has 0 aromatic carbocycles. The Bertz CT molecular complexity index is 217. The summed E-state index contributed by atoms with van der Waals surface area (Å²) in [6.45, 7) is 8.01. The highest BCUT2D eigenvalue weighted by Gasteiger charge is 2.29. The zero-order chi connectivity index (χ0) is 13.3. The maximum atomic E-state index is 11.6. The van der Waals surface area contributed by atoms with Crippen LogP contribution in [0.1, 0.15) is 46.5 Å². The van der Waals surface area contributed by atoms with E-state index in [1.165, 1.54) is 19.3 Å². The van der Waals surface area contributed by atoms with Crippen molar-refractivity contribution in [3.8, 4) is 0 Å². The summed E-state index contributed by atoms with van der Waals surface area (Å²) in [7, 11) is 2.07. The molecule has 17 heavy (non-hydrogen) atoms. The Morgan fingerprint density at radius 3 is 2.47 bits per heavy atom. The van der Waals surface area contributed by atoms with E-state index in [-0.39, 0.29) is 5.97 Å². The minimum atomic E-state index is -0.866. The lowest BCUT2D eigenvalue weighted by Gasteiger charge is -2.25. The van der Waals surface area contributed by atoms with Crippen LogP contribution in [0.15, 0.2) is 0 Å². The molecule has 0 radical (unpaired) electrons. The number of ether oxygens (including phenoxy) is 1. The molecule has 0 aliphatic rings. The van der Waals surface area contributed by atoms with Crippen LogP contribution in [0.4, 0.5) is 0 Å². The molecule has 0 spiro atoms. The fourth-order valence-electron chi connectivity index (χ4n) is 1.56. The second-order valence-electron chi connectivity index (χ2n) is 4.90. The highest BCUT2D eigenvalue weighted by Crippen LogP contribution is 2.09. The topological polar surface area (TPSA) is 55.6 Å². The molecular formula is C13H28N2O2. The molecule has 102 valence electrons. The van der Waals surface area contributed by atoms with Crippen LogP contribution >= 0.6 is 0 Å². The number of carbonyl (C=O) groups excluding carboxylic acids is 1. The number of esters is 1. The van der Waals surface area contributed by atoms with Crippen LogP contribution in [-0.2, 0) is 9.53 Å². The normalized spacial score (nSPS) is 14.7. The number of hydrogen-bond donors (Lipinski definition) is 1. The average molecular weight is 244 g/mol. The monoisotopic (exact) mass is 244 g/mol. The molecule has 0 saturated heterocycles. The van der Waals surface area contributed by atoms with Crippen molar-refractivity contribution in [2.24, 2.45) is 5.73 Å². The third-order valence-electron chi connectivity index (χ3n) is 2.90. The third-order valence-corrected chi connectivity index (χ3v) is 2.90. The quantitative estimate of drug-likeness (QED) is 0.496. The Kier molecular flexibility index (Phi) is 8.17. The van der Waals surface area contributed by atoms with Gasteiger partial charge >= 0.3 is 5.97 Å². The molecule has 2 N–H and O–H groups in total. The Balaban J connectivity index is 3.87. The van der Waals surface area contributed by atoms with E-state index in [2.05, 4.69) is 18.9 Å². The fraction of sp³-hybridized carbons (Fsp3) is 0.923. The van der Waals surface area contributed by atoms with E-state index in [9.17, 15) is 4.79 Å². The first kappa shape index (κ1) is 16.4. The number of unbranched alkanes of at least 4 members (excludes halogenated alkanes) is 2. The van der Waals surface area contributed by atoms with E-state index in [1.54, 1.807) is 13.8 Å². The van der Waals surface area contributed by atoms with Crippen LogP contribution in [0.2, 0.25) is 0 Å². The first-order chi connectivity index (χ1) is 7.94. The number of hydrogen-bond acceptors (Lipinski definition) is 4. The van der Waals surface area contributed by atoms with Crippen molar-refractivity contribution in [2.45, 2.75) is 52.0 Å². The lowest BCUT2D eigenvalue weighted by atomic mass is 9.99. The van der Waals surface area contributed by atoms with Crippen LogP contribution < -0.4 is 5.73 Å². The van der Waals surface area contributed by atoms with E-state index in [0.29, 0.717) is 13.0 Å². The summed E-state index contributed by atoms with van der Waals surface area (Å²) in [6.07, 6.45) is 4.32. The Labute approximate surface area is 105 Å². The summed E-state index contributed by atoms with van der Waals surface area (Å²) in [6, 6.07) is 0. The van der Waals surface area contributed by atoms with Crippen molar-refractivity contribution < 1.29 is 9.53 Å². The summed E-state index contributed by atoms with van der Waals surface area (Å²) in [4.78, 5) is 13.8. The summed E-state index contributed by atoms with van der Waals surface area (Å²) in [5.74, 6) is -0.304. The summed E-state index contributed by atoms with van der Waals surface area (Å²) < 4.78 is 4.96. The maximum absolute atomic E-state index is 11.6. The third kappa shape index (κ3) is 7.34. The molecule has 0 heterocycles. The van der Waals surface area contributed by atoms with Gasteiger partial charge in [-0.25, -0.2) is 0 Å². The molecule has 0 fully saturated rings. The molecule has 0 aliphatic carbocycles. The number of rotatable bonds is 9. The van der Waals surface area contributed by atoms with E-state index >= 15 is 0 Å². The second kappa shape index (κ2) is 8.48. The van der Waals surface area contributed by atoms with Gasteiger partial charge in [-0.15, -0.1) is 0 Å². The molecule has 0 amide bonds. The van der Waals surface area contributed by atoms with Gasteiger partial charge in [0.05, 0.1) is 6.61 Å². The lowest BCUT2D eigenvalue weighted by Crippen LogP contribution is -2.48. The SMILES string of the molecule is CCCCCN(C)CCC(C)(N)C(=O)OCC. The van der Waals surface area contributed by atoms with Crippen molar-refractivity contribution in [2.75, 3.05) is 26.7 Å². The Morgan fingerprint density at radius 1 is 1.29 bits per heavy atom. The van der Waals surface area contributed by atoms with Crippen LogP contribution in [0.5, 0.6) is 0 Å². The minimum Gasteiger partial charge on any atom is -0.465 e. The number of nitrogens with zero attached hydrogens (tertiary/aromatic N) is 1. The molecule has 0 aromatic heterocycles. The first-order valence-corrected chi connectivity index (χ1v) is 6.58. The van der Waals surface area contributed by atoms with Crippen molar-refractivity contribution in [1.82, 2.24) is 4.90 Å². The Hall–Kier alpha value is -0.610.